The molecule has 1 heterocycles. The second-order valence-corrected chi connectivity index (χ2v) is 7.76. The first kappa shape index (κ1) is 18.4. The maximum absolute atomic E-state index is 12.3. The van der Waals surface area contributed by atoms with Crippen molar-refractivity contribution in [2.45, 2.75) is 17.9 Å². The molecule has 0 bridgehead atoms. The van der Waals surface area contributed by atoms with Crippen LogP contribution >= 0.6 is 28.3 Å². The van der Waals surface area contributed by atoms with E-state index in [0.717, 1.165) is 0 Å². The normalized spacial score (nSPS) is 19.0. The summed E-state index contributed by atoms with van der Waals surface area (Å²) in [7, 11) is -3.60. The lowest BCUT2D eigenvalue weighted by atomic mass is 10.2. The predicted octanol–water partition coefficient (Wildman–Crippen LogP) is 1.46. The second kappa shape index (κ2) is 7.58. The third-order valence-corrected chi connectivity index (χ3v) is 5.38. The Morgan fingerprint density at radius 3 is 2.81 bits per heavy atom. The number of rotatable bonds is 3. The van der Waals surface area contributed by atoms with Crippen LogP contribution in [0.2, 0.25) is 0 Å². The molecule has 1 N–H and O–H groups in total. The number of benzene rings is 1. The second-order valence-electron chi connectivity index (χ2n) is 4.86. The predicted molar refractivity (Wildman–Crippen MR) is 87.5 cm³/mol. The van der Waals surface area contributed by atoms with Crippen LogP contribution in [0.4, 0.5) is 0 Å². The van der Waals surface area contributed by atoms with Crippen molar-refractivity contribution in [1.82, 2.24) is 10.2 Å². The highest BCUT2D eigenvalue weighted by Gasteiger charge is 2.28. The van der Waals surface area contributed by atoms with Gasteiger partial charge in [-0.2, -0.15) is 0 Å². The number of sulfone groups is 1. The molecular formula is C13H18BrClN2O3S. The van der Waals surface area contributed by atoms with Gasteiger partial charge in [0.1, 0.15) is 5.75 Å². The van der Waals surface area contributed by atoms with E-state index in [9.17, 15) is 13.2 Å². The molecule has 0 spiro atoms. The molecule has 1 aliphatic heterocycles. The molecule has 1 amide bonds. The van der Waals surface area contributed by atoms with E-state index in [1.807, 2.05) is 6.92 Å². The number of hydrogen-bond donors (Lipinski definition) is 1. The van der Waals surface area contributed by atoms with Crippen molar-refractivity contribution in [2.24, 2.45) is 0 Å². The topological polar surface area (TPSA) is 66.5 Å². The first-order chi connectivity index (χ1) is 9.40. The van der Waals surface area contributed by atoms with E-state index in [0.29, 0.717) is 24.1 Å². The summed E-state index contributed by atoms with van der Waals surface area (Å²) >= 11 is 3.24. The maximum Gasteiger partial charge on any atom is 0.238 e. The van der Waals surface area contributed by atoms with Gasteiger partial charge in [-0.1, -0.05) is 22.0 Å². The average molecular weight is 398 g/mol. The van der Waals surface area contributed by atoms with Gasteiger partial charge in [0.15, 0.2) is 9.84 Å². The molecule has 0 aromatic heterocycles. The highest BCUT2D eigenvalue weighted by molar-refractivity contribution is 9.10. The van der Waals surface area contributed by atoms with Gasteiger partial charge < -0.3 is 10.2 Å². The van der Waals surface area contributed by atoms with E-state index < -0.39 is 15.6 Å². The molecule has 0 saturated carbocycles. The lowest BCUT2D eigenvalue weighted by Gasteiger charge is -2.33. The van der Waals surface area contributed by atoms with Gasteiger partial charge in [0.05, 0.1) is 4.90 Å². The summed E-state index contributed by atoms with van der Waals surface area (Å²) < 4.78 is 25.2. The van der Waals surface area contributed by atoms with Gasteiger partial charge in [-0.3, -0.25) is 4.79 Å². The highest BCUT2D eigenvalue weighted by Crippen LogP contribution is 2.18. The van der Waals surface area contributed by atoms with Crippen molar-refractivity contribution >= 4 is 44.1 Å². The van der Waals surface area contributed by atoms with Crippen molar-refractivity contribution in [3.8, 4) is 0 Å². The van der Waals surface area contributed by atoms with E-state index in [4.69, 9.17) is 0 Å². The Balaban J connectivity index is 0.00000220. The molecule has 1 aromatic carbocycles. The van der Waals surface area contributed by atoms with Crippen LogP contribution in [0.5, 0.6) is 0 Å². The number of amides is 1. The largest absolute Gasteiger partial charge is 0.337 e. The molecule has 0 radical (unpaired) electrons. The SMILES string of the molecule is C[C@H]1CNCCN1C(=O)CS(=O)(=O)c1cccc(Br)c1.Cl. The van der Waals surface area contributed by atoms with E-state index >= 15 is 0 Å². The number of carbonyl (C=O) groups excluding carboxylic acids is 1. The monoisotopic (exact) mass is 396 g/mol. The molecular weight excluding hydrogens is 380 g/mol. The van der Waals surface area contributed by atoms with E-state index in [1.54, 1.807) is 17.0 Å². The van der Waals surface area contributed by atoms with Crippen molar-refractivity contribution < 1.29 is 13.2 Å². The number of halogens is 2. The third kappa shape index (κ3) is 4.67. The lowest BCUT2D eigenvalue weighted by molar-refractivity contribution is -0.131. The summed E-state index contributed by atoms with van der Waals surface area (Å²) in [5.74, 6) is -0.813. The molecule has 2 rings (SSSR count). The van der Waals surface area contributed by atoms with Gasteiger partial charge in [0, 0.05) is 30.1 Å². The minimum atomic E-state index is -3.60. The van der Waals surface area contributed by atoms with Crippen LogP contribution in [0.15, 0.2) is 33.6 Å². The van der Waals surface area contributed by atoms with E-state index in [1.165, 1.54) is 12.1 Å². The van der Waals surface area contributed by atoms with Crippen LogP contribution in [0.1, 0.15) is 6.92 Å². The van der Waals surface area contributed by atoms with Crippen molar-refractivity contribution in [2.75, 3.05) is 25.4 Å². The van der Waals surface area contributed by atoms with Crippen molar-refractivity contribution in [3.05, 3.63) is 28.7 Å². The quantitative estimate of drug-likeness (QED) is 0.839. The van der Waals surface area contributed by atoms with Crippen LogP contribution in [-0.2, 0) is 14.6 Å². The zero-order valence-electron chi connectivity index (χ0n) is 11.6. The van der Waals surface area contributed by atoms with Gasteiger partial charge in [-0.05, 0) is 25.1 Å². The average Bonchev–Trinajstić information content (AvgIpc) is 2.38. The lowest BCUT2D eigenvalue weighted by Crippen LogP contribution is -2.53. The fourth-order valence-corrected chi connectivity index (χ4v) is 4.00. The summed E-state index contributed by atoms with van der Waals surface area (Å²) in [5, 5.41) is 3.17. The van der Waals surface area contributed by atoms with E-state index in [-0.39, 0.29) is 29.3 Å². The molecule has 1 aromatic rings. The third-order valence-electron chi connectivity index (χ3n) is 3.29. The summed E-state index contributed by atoms with van der Waals surface area (Å²) in [6.45, 7) is 3.86. The van der Waals surface area contributed by atoms with Gasteiger partial charge in [-0.15, -0.1) is 12.4 Å². The number of piperazine rings is 1. The Hall–Kier alpha value is -0.630. The standard InChI is InChI=1S/C13H17BrN2O3S.ClH/c1-10-8-15-5-6-16(10)13(17)9-20(18,19)12-4-2-3-11(14)7-12;/h2-4,7,10,15H,5-6,8-9H2,1H3;1H/t10-;/m0./s1. The van der Waals surface area contributed by atoms with Crippen LogP contribution in [0, 0.1) is 0 Å². The van der Waals surface area contributed by atoms with E-state index in [2.05, 4.69) is 21.2 Å². The Morgan fingerprint density at radius 1 is 1.48 bits per heavy atom. The number of nitrogens with zero attached hydrogens (tertiary/aromatic N) is 1. The van der Waals surface area contributed by atoms with Gasteiger partial charge >= 0.3 is 0 Å². The Morgan fingerprint density at radius 2 is 2.19 bits per heavy atom. The molecule has 1 aliphatic rings. The summed E-state index contributed by atoms with van der Waals surface area (Å²) in [6, 6.07) is 6.45. The highest BCUT2D eigenvalue weighted by atomic mass is 79.9. The number of hydrogen-bond acceptors (Lipinski definition) is 4. The molecule has 21 heavy (non-hydrogen) atoms. The Kier molecular flexibility index (Phi) is 6.65. The first-order valence-corrected chi connectivity index (χ1v) is 8.83. The molecule has 0 unspecified atom stereocenters. The summed E-state index contributed by atoms with van der Waals surface area (Å²) in [5.41, 5.74) is 0. The first-order valence-electron chi connectivity index (χ1n) is 6.38. The molecule has 0 aliphatic carbocycles. The van der Waals surface area contributed by atoms with Gasteiger partial charge in [0.2, 0.25) is 5.91 Å². The maximum atomic E-state index is 12.3. The fraction of sp³-hybridized carbons (Fsp3) is 0.462. The molecule has 8 heteroatoms. The Labute approximate surface area is 139 Å². The Bertz CT molecular complexity index is 609. The molecule has 1 fully saturated rings. The molecule has 118 valence electrons. The molecule has 1 atom stereocenters. The zero-order valence-corrected chi connectivity index (χ0v) is 14.8. The van der Waals surface area contributed by atoms with Crippen molar-refractivity contribution in [3.63, 3.8) is 0 Å². The smallest absolute Gasteiger partial charge is 0.238 e. The molecule has 1 saturated heterocycles. The van der Waals surface area contributed by atoms with Crippen LogP contribution in [0.25, 0.3) is 0 Å². The van der Waals surface area contributed by atoms with Crippen LogP contribution in [0.3, 0.4) is 0 Å². The van der Waals surface area contributed by atoms with Crippen LogP contribution < -0.4 is 5.32 Å². The fourth-order valence-electron chi connectivity index (χ4n) is 2.20. The minimum Gasteiger partial charge on any atom is -0.337 e. The number of nitrogens with one attached hydrogen (secondary N) is 1. The zero-order chi connectivity index (χ0) is 14.8. The summed E-state index contributed by atoms with van der Waals surface area (Å²) in [6.07, 6.45) is 0. The molecule has 5 nitrogen and oxygen atoms in total. The van der Waals surface area contributed by atoms with Crippen molar-refractivity contribution in [1.29, 1.82) is 0 Å². The number of carbonyl (C=O) groups is 1. The van der Waals surface area contributed by atoms with Gasteiger partial charge in [-0.25, -0.2) is 8.42 Å². The summed E-state index contributed by atoms with van der Waals surface area (Å²) in [4.78, 5) is 14.0. The van der Waals surface area contributed by atoms with Gasteiger partial charge in [0.25, 0.3) is 0 Å². The van der Waals surface area contributed by atoms with Crippen LogP contribution in [-0.4, -0.2) is 50.7 Å². The minimum absolute atomic E-state index is 0.